The molecule has 24 heavy (non-hydrogen) atoms. The van der Waals surface area contributed by atoms with Gasteiger partial charge in [-0.3, -0.25) is 9.69 Å². The van der Waals surface area contributed by atoms with Gasteiger partial charge in [0.25, 0.3) is 0 Å². The largest absolute Gasteiger partial charge is 0.488 e. The Morgan fingerprint density at radius 3 is 2.75 bits per heavy atom. The molecule has 0 spiro atoms. The Labute approximate surface area is 143 Å². The molecule has 2 fully saturated rings. The molecule has 0 bridgehead atoms. The molecule has 0 unspecified atom stereocenters. The average Bonchev–Trinajstić information content (AvgIpc) is 3.27. The van der Waals surface area contributed by atoms with Crippen molar-refractivity contribution in [3.8, 4) is 5.75 Å². The van der Waals surface area contributed by atoms with E-state index in [4.69, 9.17) is 4.74 Å². The van der Waals surface area contributed by atoms with Crippen molar-refractivity contribution in [1.82, 2.24) is 10.3 Å². The molecule has 3 aliphatic rings. The maximum Gasteiger partial charge on any atom is 0.240 e. The molecule has 4 rings (SSSR count). The number of ether oxygens (including phenoxy) is 1. The van der Waals surface area contributed by atoms with E-state index in [2.05, 4.69) is 15.4 Å². The number of hydrogen-bond acceptors (Lipinski definition) is 4. The fraction of sp³-hybridized carbons (Fsp3) is 0.579. The zero-order chi connectivity index (χ0) is 16.4. The maximum absolute atomic E-state index is 11.3. The van der Waals surface area contributed by atoms with E-state index in [0.29, 0.717) is 12.8 Å². The second-order valence-electron chi connectivity index (χ2n) is 7.05. The summed E-state index contributed by atoms with van der Waals surface area (Å²) in [5.41, 5.74) is 4.50. The van der Waals surface area contributed by atoms with Crippen molar-refractivity contribution in [2.45, 2.75) is 57.1 Å². The first-order valence-electron chi connectivity index (χ1n) is 9.15. The van der Waals surface area contributed by atoms with E-state index < -0.39 is 0 Å². The van der Waals surface area contributed by atoms with Gasteiger partial charge in [-0.2, -0.15) is 5.10 Å². The number of hydrogen-bond donors (Lipinski definition) is 1. The highest BCUT2D eigenvalue weighted by atomic mass is 16.5. The predicted molar refractivity (Wildman–Crippen MR) is 93.2 cm³/mol. The monoisotopic (exact) mass is 327 g/mol. The summed E-state index contributed by atoms with van der Waals surface area (Å²) in [5.74, 6) is 0.880. The average molecular weight is 327 g/mol. The number of carbonyl (C=O) groups is 1. The van der Waals surface area contributed by atoms with Gasteiger partial charge in [-0.15, -0.1) is 0 Å². The topological polar surface area (TPSA) is 53.9 Å². The van der Waals surface area contributed by atoms with Gasteiger partial charge in [0, 0.05) is 37.5 Å². The summed E-state index contributed by atoms with van der Waals surface area (Å²) in [6.45, 7) is 2.18. The number of hydrazone groups is 1. The SMILES string of the molecule is O=C1CCC(c2ccccc2O[C@@H]2CCN(C3CCCC3)C2)=NN1. The summed E-state index contributed by atoms with van der Waals surface area (Å²) < 4.78 is 6.34. The zero-order valence-electron chi connectivity index (χ0n) is 14.0. The Morgan fingerprint density at radius 1 is 1.12 bits per heavy atom. The molecule has 2 aliphatic heterocycles. The first-order chi connectivity index (χ1) is 11.8. The number of nitrogens with one attached hydrogen (secondary N) is 1. The number of rotatable bonds is 4. The van der Waals surface area contributed by atoms with Gasteiger partial charge in [0.15, 0.2) is 0 Å². The van der Waals surface area contributed by atoms with Crippen LogP contribution in [0.3, 0.4) is 0 Å². The number of likely N-dealkylation sites (tertiary alicyclic amines) is 1. The van der Waals surface area contributed by atoms with Crippen LogP contribution in [0.15, 0.2) is 29.4 Å². The smallest absolute Gasteiger partial charge is 0.240 e. The van der Waals surface area contributed by atoms with Crippen LogP contribution in [0.4, 0.5) is 0 Å². The van der Waals surface area contributed by atoms with Crippen molar-refractivity contribution in [2.75, 3.05) is 13.1 Å². The molecule has 2 heterocycles. The second-order valence-corrected chi connectivity index (χ2v) is 7.05. The van der Waals surface area contributed by atoms with Crippen LogP contribution in [0.5, 0.6) is 5.75 Å². The molecule has 1 aromatic rings. The Kier molecular flexibility index (Phi) is 4.52. The highest BCUT2D eigenvalue weighted by Crippen LogP contribution is 2.29. The molecule has 1 N–H and O–H groups in total. The third kappa shape index (κ3) is 3.31. The normalized spacial score (nSPS) is 25.6. The highest BCUT2D eigenvalue weighted by molar-refractivity contribution is 6.06. The molecule has 1 aliphatic carbocycles. The molecule has 1 saturated heterocycles. The van der Waals surface area contributed by atoms with Crippen LogP contribution in [0.25, 0.3) is 0 Å². The van der Waals surface area contributed by atoms with Crippen LogP contribution in [0.2, 0.25) is 0 Å². The van der Waals surface area contributed by atoms with Gasteiger partial charge in [-0.1, -0.05) is 25.0 Å². The van der Waals surface area contributed by atoms with E-state index in [1.807, 2.05) is 24.3 Å². The Bertz CT molecular complexity index is 637. The van der Waals surface area contributed by atoms with Crippen LogP contribution in [-0.2, 0) is 4.79 Å². The summed E-state index contributed by atoms with van der Waals surface area (Å²) in [7, 11) is 0. The van der Waals surface area contributed by atoms with Gasteiger partial charge in [-0.05, 0) is 31.4 Å². The van der Waals surface area contributed by atoms with Gasteiger partial charge in [-0.25, -0.2) is 5.43 Å². The van der Waals surface area contributed by atoms with Crippen molar-refractivity contribution in [2.24, 2.45) is 5.10 Å². The number of benzene rings is 1. The third-order valence-corrected chi connectivity index (χ3v) is 5.41. The van der Waals surface area contributed by atoms with Gasteiger partial charge < -0.3 is 4.74 Å². The lowest BCUT2D eigenvalue weighted by atomic mass is 10.0. The predicted octanol–water partition coefficient (Wildman–Crippen LogP) is 2.70. The Balaban J connectivity index is 1.44. The molecule has 1 saturated carbocycles. The maximum atomic E-state index is 11.3. The highest BCUT2D eigenvalue weighted by Gasteiger charge is 2.31. The zero-order valence-corrected chi connectivity index (χ0v) is 14.0. The van der Waals surface area contributed by atoms with Gasteiger partial charge >= 0.3 is 0 Å². The van der Waals surface area contributed by atoms with E-state index in [0.717, 1.165) is 42.6 Å². The molecule has 1 atom stereocenters. The van der Waals surface area contributed by atoms with Gasteiger partial charge in [0.1, 0.15) is 11.9 Å². The van der Waals surface area contributed by atoms with Crippen LogP contribution >= 0.6 is 0 Å². The van der Waals surface area contributed by atoms with Crippen LogP contribution in [-0.4, -0.2) is 41.8 Å². The van der Waals surface area contributed by atoms with E-state index in [-0.39, 0.29) is 12.0 Å². The minimum absolute atomic E-state index is 0.0138. The summed E-state index contributed by atoms with van der Waals surface area (Å²) in [5, 5.41) is 4.22. The van der Waals surface area contributed by atoms with Gasteiger partial charge in [0.05, 0.1) is 5.71 Å². The first kappa shape index (κ1) is 15.6. The molecule has 128 valence electrons. The van der Waals surface area contributed by atoms with E-state index in [1.54, 1.807) is 0 Å². The lowest BCUT2D eigenvalue weighted by Gasteiger charge is -2.24. The quantitative estimate of drug-likeness (QED) is 0.925. The third-order valence-electron chi connectivity index (χ3n) is 5.41. The minimum atomic E-state index is -0.0138. The van der Waals surface area contributed by atoms with Crippen molar-refractivity contribution in [1.29, 1.82) is 0 Å². The molecule has 5 nitrogen and oxygen atoms in total. The fourth-order valence-electron chi connectivity index (χ4n) is 4.11. The van der Waals surface area contributed by atoms with Crippen molar-refractivity contribution in [3.05, 3.63) is 29.8 Å². The number of nitrogens with zero attached hydrogens (tertiary/aromatic N) is 2. The van der Waals surface area contributed by atoms with E-state index in [9.17, 15) is 4.79 Å². The molecule has 1 aromatic carbocycles. The number of carbonyl (C=O) groups excluding carboxylic acids is 1. The van der Waals surface area contributed by atoms with E-state index in [1.165, 1.54) is 25.7 Å². The van der Waals surface area contributed by atoms with Crippen LogP contribution in [0, 0.1) is 0 Å². The van der Waals surface area contributed by atoms with Gasteiger partial charge in [0.2, 0.25) is 5.91 Å². The minimum Gasteiger partial charge on any atom is -0.488 e. The molecule has 5 heteroatoms. The molecule has 0 aromatic heterocycles. The molecule has 0 radical (unpaired) electrons. The standard InChI is InChI=1S/C19H25N3O2/c23-19-10-9-17(20-21-19)16-7-3-4-8-18(16)24-15-11-12-22(13-15)14-5-1-2-6-14/h3-4,7-8,14-15H,1-2,5-6,9-13H2,(H,21,23)/t15-/m1/s1. The van der Waals surface area contributed by atoms with Crippen molar-refractivity contribution < 1.29 is 9.53 Å². The summed E-state index contributed by atoms with van der Waals surface area (Å²) in [6, 6.07) is 8.83. The van der Waals surface area contributed by atoms with Crippen molar-refractivity contribution in [3.63, 3.8) is 0 Å². The molecule has 1 amide bonds. The van der Waals surface area contributed by atoms with Crippen LogP contribution in [0.1, 0.15) is 50.5 Å². The van der Waals surface area contributed by atoms with Crippen molar-refractivity contribution >= 4 is 11.6 Å². The second kappa shape index (κ2) is 6.93. The lowest BCUT2D eigenvalue weighted by Crippen LogP contribution is -2.33. The fourth-order valence-corrected chi connectivity index (χ4v) is 4.11. The first-order valence-corrected chi connectivity index (χ1v) is 9.15. The number of amides is 1. The summed E-state index contributed by atoms with van der Waals surface area (Å²) in [6.07, 6.45) is 7.96. The summed E-state index contributed by atoms with van der Waals surface area (Å²) in [4.78, 5) is 13.9. The lowest BCUT2D eigenvalue weighted by molar-refractivity contribution is -0.121. The number of para-hydroxylation sites is 1. The van der Waals surface area contributed by atoms with Crippen LogP contribution < -0.4 is 10.2 Å². The van der Waals surface area contributed by atoms with E-state index >= 15 is 0 Å². The molecular formula is C19H25N3O2. The molecular weight excluding hydrogens is 302 g/mol. The summed E-state index contributed by atoms with van der Waals surface area (Å²) >= 11 is 0. The Hall–Kier alpha value is -1.88. The Morgan fingerprint density at radius 2 is 1.96 bits per heavy atom.